The lowest BCUT2D eigenvalue weighted by Crippen LogP contribution is -2.40. The van der Waals surface area contributed by atoms with Crippen LogP contribution in [0.3, 0.4) is 0 Å². The van der Waals surface area contributed by atoms with Crippen molar-refractivity contribution < 1.29 is 4.79 Å². The maximum atomic E-state index is 12.6. The Kier molecular flexibility index (Phi) is 3.68. The van der Waals surface area contributed by atoms with Gasteiger partial charge in [0, 0.05) is 31.6 Å². The first-order valence-electron chi connectivity index (χ1n) is 7.85. The van der Waals surface area contributed by atoms with E-state index in [2.05, 4.69) is 9.97 Å². The predicted molar refractivity (Wildman–Crippen MR) is 91.3 cm³/mol. The van der Waals surface area contributed by atoms with E-state index in [0.717, 1.165) is 23.9 Å². The molecule has 1 amide bonds. The number of carbonyl (C=O) groups excluding carboxylic acids is 1. The van der Waals surface area contributed by atoms with E-state index in [9.17, 15) is 9.59 Å². The Labute approximate surface area is 142 Å². The van der Waals surface area contributed by atoms with Crippen LogP contribution in [-0.2, 0) is 7.05 Å². The molecule has 0 saturated carbocycles. The first-order chi connectivity index (χ1) is 11.7. The minimum atomic E-state index is -0.0758. The highest BCUT2D eigenvalue weighted by Gasteiger charge is 2.27. The molecule has 1 aliphatic rings. The second kappa shape index (κ2) is 5.86. The molecule has 4 rings (SSSR count). The average molecular weight is 343 g/mol. The third-order valence-electron chi connectivity index (χ3n) is 4.64. The van der Waals surface area contributed by atoms with Crippen LogP contribution in [0.25, 0.3) is 11.2 Å². The fraction of sp³-hybridized carbons (Fsp3) is 0.375. The summed E-state index contributed by atoms with van der Waals surface area (Å²) in [4.78, 5) is 35.1. The zero-order valence-corrected chi connectivity index (χ0v) is 14.1. The number of aromatic nitrogens is 4. The lowest BCUT2D eigenvalue weighted by atomic mass is 10.0. The van der Waals surface area contributed by atoms with Gasteiger partial charge >= 0.3 is 5.69 Å². The van der Waals surface area contributed by atoms with Gasteiger partial charge in [0.2, 0.25) is 0 Å². The molecule has 124 valence electrons. The summed E-state index contributed by atoms with van der Waals surface area (Å²) in [5.41, 5.74) is 2.07. The van der Waals surface area contributed by atoms with Gasteiger partial charge in [0.15, 0.2) is 5.65 Å². The fourth-order valence-corrected chi connectivity index (χ4v) is 3.95. The highest BCUT2D eigenvalue weighted by atomic mass is 32.1. The quantitative estimate of drug-likeness (QED) is 0.709. The smallest absolute Gasteiger partial charge is 0.330 e. The van der Waals surface area contributed by atoms with Gasteiger partial charge < -0.3 is 4.90 Å². The van der Waals surface area contributed by atoms with Crippen molar-refractivity contribution in [2.45, 2.75) is 18.9 Å². The summed E-state index contributed by atoms with van der Waals surface area (Å²) in [6.45, 7) is 1.29. The maximum Gasteiger partial charge on any atom is 0.330 e. The first-order valence-corrected chi connectivity index (χ1v) is 8.79. The number of nitrogens with zero attached hydrogens (tertiary/aromatic N) is 5. The van der Waals surface area contributed by atoms with E-state index in [1.807, 2.05) is 21.7 Å². The number of imidazole rings is 1. The number of piperidine rings is 1. The molecule has 4 heterocycles. The van der Waals surface area contributed by atoms with Crippen LogP contribution in [0, 0.1) is 0 Å². The summed E-state index contributed by atoms with van der Waals surface area (Å²) in [7, 11) is 1.74. The van der Waals surface area contributed by atoms with Crippen molar-refractivity contribution in [1.82, 2.24) is 24.0 Å². The first kappa shape index (κ1) is 15.1. The number of fused-ring (bicyclic) bond motifs is 1. The minimum absolute atomic E-state index is 0.0580. The SMILES string of the molecule is Cn1c(=O)n(C2CCN(C(=O)c3ccsc3)CC2)c2ncncc21. The summed E-state index contributed by atoms with van der Waals surface area (Å²) in [5.74, 6) is 0.0716. The number of likely N-dealkylation sites (tertiary alicyclic amines) is 1. The van der Waals surface area contributed by atoms with Gasteiger partial charge in [0.25, 0.3) is 5.91 Å². The number of amides is 1. The van der Waals surface area contributed by atoms with E-state index in [-0.39, 0.29) is 17.6 Å². The lowest BCUT2D eigenvalue weighted by Gasteiger charge is -2.32. The Morgan fingerprint density at radius 1 is 1.33 bits per heavy atom. The van der Waals surface area contributed by atoms with E-state index in [1.54, 1.807) is 22.4 Å². The van der Waals surface area contributed by atoms with Gasteiger partial charge in [0.1, 0.15) is 11.8 Å². The van der Waals surface area contributed by atoms with Crippen molar-refractivity contribution in [2.75, 3.05) is 13.1 Å². The summed E-state index contributed by atoms with van der Waals surface area (Å²) in [5, 5.41) is 3.79. The molecule has 0 unspecified atom stereocenters. The minimum Gasteiger partial charge on any atom is -0.338 e. The molecule has 0 aromatic carbocycles. The third kappa shape index (κ3) is 2.34. The molecule has 1 fully saturated rings. The standard InChI is InChI=1S/C16H17N5O2S/c1-19-13-8-17-10-18-14(13)21(16(19)23)12-2-5-20(6-3-12)15(22)11-4-7-24-9-11/h4,7-10,12H,2-3,5-6H2,1H3. The van der Waals surface area contributed by atoms with Crippen molar-refractivity contribution in [3.8, 4) is 0 Å². The Morgan fingerprint density at radius 2 is 2.12 bits per heavy atom. The predicted octanol–water partition coefficient (Wildman–Crippen LogP) is 1.67. The molecule has 0 N–H and O–H groups in total. The molecule has 8 heteroatoms. The van der Waals surface area contributed by atoms with E-state index < -0.39 is 0 Å². The molecule has 7 nitrogen and oxygen atoms in total. The van der Waals surface area contributed by atoms with Gasteiger partial charge in [0.05, 0.1) is 11.8 Å². The highest BCUT2D eigenvalue weighted by Crippen LogP contribution is 2.25. The molecule has 1 aliphatic heterocycles. The number of carbonyl (C=O) groups is 1. The Morgan fingerprint density at radius 3 is 2.83 bits per heavy atom. The van der Waals surface area contributed by atoms with Crippen LogP contribution in [0.15, 0.2) is 34.1 Å². The van der Waals surface area contributed by atoms with Gasteiger partial charge in [-0.2, -0.15) is 11.3 Å². The molecule has 0 atom stereocenters. The van der Waals surface area contributed by atoms with Crippen LogP contribution < -0.4 is 5.69 Å². The van der Waals surface area contributed by atoms with E-state index in [0.29, 0.717) is 18.7 Å². The zero-order valence-electron chi connectivity index (χ0n) is 13.3. The molecular weight excluding hydrogens is 326 g/mol. The molecule has 0 radical (unpaired) electrons. The van der Waals surface area contributed by atoms with E-state index in [4.69, 9.17) is 0 Å². The molecule has 3 aromatic heterocycles. The van der Waals surface area contributed by atoms with Crippen molar-refractivity contribution in [2.24, 2.45) is 7.05 Å². The van der Waals surface area contributed by atoms with Crippen LogP contribution in [0.5, 0.6) is 0 Å². The zero-order chi connectivity index (χ0) is 16.7. The molecule has 0 bridgehead atoms. The summed E-state index contributed by atoms with van der Waals surface area (Å²) in [6.07, 6.45) is 4.63. The van der Waals surface area contributed by atoms with E-state index >= 15 is 0 Å². The van der Waals surface area contributed by atoms with Crippen molar-refractivity contribution in [3.63, 3.8) is 0 Å². The number of aryl methyl sites for hydroxylation is 1. The Bertz CT molecular complexity index is 935. The highest BCUT2D eigenvalue weighted by molar-refractivity contribution is 7.08. The second-order valence-electron chi connectivity index (χ2n) is 5.98. The Balaban J connectivity index is 1.58. The fourth-order valence-electron chi connectivity index (χ4n) is 3.32. The molecule has 0 spiro atoms. The second-order valence-corrected chi connectivity index (χ2v) is 6.76. The summed E-state index contributed by atoms with van der Waals surface area (Å²) in [6, 6.07) is 1.91. The Hall–Kier alpha value is -2.48. The number of rotatable bonds is 2. The van der Waals surface area contributed by atoms with Crippen molar-refractivity contribution >= 4 is 28.4 Å². The largest absolute Gasteiger partial charge is 0.338 e. The van der Waals surface area contributed by atoms with Crippen LogP contribution in [0.2, 0.25) is 0 Å². The number of hydrogen-bond donors (Lipinski definition) is 0. The normalized spacial score (nSPS) is 16.0. The summed E-state index contributed by atoms with van der Waals surface area (Å²) >= 11 is 1.53. The topological polar surface area (TPSA) is 73.0 Å². The van der Waals surface area contributed by atoms with E-state index in [1.165, 1.54) is 17.7 Å². The molecule has 1 saturated heterocycles. The maximum absolute atomic E-state index is 12.6. The summed E-state index contributed by atoms with van der Waals surface area (Å²) < 4.78 is 3.33. The van der Waals surface area contributed by atoms with Crippen LogP contribution >= 0.6 is 11.3 Å². The molecular formula is C16H17N5O2S. The molecule has 0 aliphatic carbocycles. The van der Waals surface area contributed by atoms with Gasteiger partial charge in [-0.15, -0.1) is 0 Å². The number of thiophene rings is 1. The van der Waals surface area contributed by atoms with Gasteiger partial charge in [-0.25, -0.2) is 14.8 Å². The number of hydrogen-bond acceptors (Lipinski definition) is 5. The van der Waals surface area contributed by atoms with Crippen molar-refractivity contribution in [3.05, 3.63) is 45.4 Å². The monoisotopic (exact) mass is 343 g/mol. The van der Waals surface area contributed by atoms with Crippen LogP contribution in [-0.4, -0.2) is 43.0 Å². The molecule has 24 heavy (non-hydrogen) atoms. The van der Waals surface area contributed by atoms with Gasteiger partial charge in [-0.1, -0.05) is 0 Å². The van der Waals surface area contributed by atoms with Crippen LogP contribution in [0.1, 0.15) is 29.2 Å². The van der Waals surface area contributed by atoms with Gasteiger partial charge in [-0.3, -0.25) is 13.9 Å². The molecule has 3 aromatic rings. The third-order valence-corrected chi connectivity index (χ3v) is 5.32. The van der Waals surface area contributed by atoms with Crippen LogP contribution in [0.4, 0.5) is 0 Å². The lowest BCUT2D eigenvalue weighted by molar-refractivity contribution is 0.0695. The van der Waals surface area contributed by atoms with Gasteiger partial charge in [-0.05, 0) is 24.3 Å². The van der Waals surface area contributed by atoms with Crippen molar-refractivity contribution in [1.29, 1.82) is 0 Å². The average Bonchev–Trinajstić information content (AvgIpc) is 3.23.